The van der Waals surface area contributed by atoms with Crippen LogP contribution in [0.3, 0.4) is 0 Å². The molecular weight excluding hydrogens is 228 g/mol. The molecule has 0 unspecified atom stereocenters. The number of thioether (sulfide) groups is 1. The molecule has 0 N–H and O–H groups in total. The Labute approximate surface area is 99.8 Å². The molecule has 1 fully saturated rings. The van der Waals surface area contributed by atoms with Crippen molar-refractivity contribution in [3.05, 3.63) is 16.5 Å². The van der Waals surface area contributed by atoms with Crippen molar-refractivity contribution in [3.8, 4) is 0 Å². The van der Waals surface area contributed by atoms with Crippen molar-refractivity contribution >= 4 is 23.4 Å². The highest BCUT2D eigenvalue weighted by molar-refractivity contribution is 8.00. The molecule has 0 aliphatic heterocycles. The van der Waals surface area contributed by atoms with Gasteiger partial charge in [0.1, 0.15) is 5.03 Å². The van der Waals surface area contributed by atoms with Gasteiger partial charge in [-0.1, -0.05) is 36.2 Å². The summed E-state index contributed by atoms with van der Waals surface area (Å²) in [6.45, 7) is 3.93. The number of hydrogen-bond acceptors (Lipinski definition) is 3. The first kappa shape index (κ1) is 11.2. The zero-order valence-corrected chi connectivity index (χ0v) is 10.7. The van der Waals surface area contributed by atoms with Crippen molar-refractivity contribution in [3.63, 3.8) is 0 Å². The van der Waals surface area contributed by atoms with Crippen molar-refractivity contribution in [2.24, 2.45) is 0 Å². The Balaban J connectivity index is 2.16. The smallest absolute Gasteiger partial charge is 0.161 e. The lowest BCUT2D eigenvalue weighted by atomic mass is 10.4. The molecule has 0 aromatic carbocycles. The SMILES string of the molecule is Cc1nc(Cl)c(SC2CCCC2)nc1C. The van der Waals surface area contributed by atoms with Crippen LogP contribution in [0.4, 0.5) is 0 Å². The van der Waals surface area contributed by atoms with Crippen molar-refractivity contribution in [1.82, 2.24) is 9.97 Å². The predicted molar refractivity (Wildman–Crippen MR) is 64.6 cm³/mol. The Morgan fingerprint density at radius 1 is 1.13 bits per heavy atom. The van der Waals surface area contributed by atoms with Crippen LogP contribution in [0.15, 0.2) is 5.03 Å². The fourth-order valence-corrected chi connectivity index (χ4v) is 3.31. The lowest BCUT2D eigenvalue weighted by Gasteiger charge is -2.10. The maximum absolute atomic E-state index is 6.09. The van der Waals surface area contributed by atoms with E-state index >= 15 is 0 Å². The van der Waals surface area contributed by atoms with Crippen LogP contribution in [0.2, 0.25) is 5.15 Å². The van der Waals surface area contributed by atoms with E-state index in [9.17, 15) is 0 Å². The first-order chi connectivity index (χ1) is 7.16. The molecule has 2 nitrogen and oxygen atoms in total. The molecule has 1 aromatic heterocycles. The number of aromatic nitrogens is 2. The largest absolute Gasteiger partial charge is 0.242 e. The van der Waals surface area contributed by atoms with Gasteiger partial charge in [0.15, 0.2) is 5.15 Å². The van der Waals surface area contributed by atoms with Gasteiger partial charge in [-0.25, -0.2) is 9.97 Å². The second-order valence-corrected chi connectivity index (χ2v) is 5.66. The summed E-state index contributed by atoms with van der Waals surface area (Å²) >= 11 is 7.88. The van der Waals surface area contributed by atoms with Crippen LogP contribution >= 0.6 is 23.4 Å². The standard InChI is InChI=1S/C11H15ClN2S/c1-7-8(2)14-11(10(12)13-7)15-9-5-3-4-6-9/h9H,3-6H2,1-2H3. The van der Waals surface area contributed by atoms with Gasteiger partial charge in [0.2, 0.25) is 0 Å². The quantitative estimate of drug-likeness (QED) is 0.789. The Morgan fingerprint density at radius 2 is 1.73 bits per heavy atom. The highest BCUT2D eigenvalue weighted by atomic mass is 35.5. The van der Waals surface area contributed by atoms with Gasteiger partial charge in [0.25, 0.3) is 0 Å². The molecule has 2 rings (SSSR count). The molecule has 1 aliphatic carbocycles. The van der Waals surface area contributed by atoms with Crippen molar-refractivity contribution in [2.75, 3.05) is 0 Å². The summed E-state index contributed by atoms with van der Waals surface area (Å²) in [6, 6.07) is 0. The van der Waals surface area contributed by atoms with Crippen LogP contribution in [0, 0.1) is 13.8 Å². The predicted octanol–water partition coefficient (Wildman–Crippen LogP) is 3.78. The second kappa shape index (κ2) is 4.71. The third-order valence-electron chi connectivity index (χ3n) is 2.82. The summed E-state index contributed by atoms with van der Waals surface area (Å²) < 4.78 is 0. The van der Waals surface area contributed by atoms with Crippen LogP contribution in [0.25, 0.3) is 0 Å². The van der Waals surface area contributed by atoms with Gasteiger partial charge in [0.05, 0.1) is 11.4 Å². The van der Waals surface area contributed by atoms with E-state index in [0.717, 1.165) is 16.4 Å². The molecule has 1 saturated carbocycles. The van der Waals surface area contributed by atoms with Gasteiger partial charge < -0.3 is 0 Å². The number of nitrogens with zero attached hydrogens (tertiary/aromatic N) is 2. The Morgan fingerprint density at radius 3 is 2.40 bits per heavy atom. The van der Waals surface area contributed by atoms with E-state index in [1.807, 2.05) is 13.8 Å². The Hall–Kier alpha value is -0.280. The molecule has 1 aromatic rings. The normalized spacial score (nSPS) is 17.3. The molecule has 4 heteroatoms. The van der Waals surface area contributed by atoms with Crippen molar-refractivity contribution < 1.29 is 0 Å². The van der Waals surface area contributed by atoms with E-state index in [4.69, 9.17) is 11.6 Å². The lowest BCUT2D eigenvalue weighted by Crippen LogP contribution is -2.00. The van der Waals surface area contributed by atoms with Gasteiger partial charge in [-0.3, -0.25) is 0 Å². The lowest BCUT2D eigenvalue weighted by molar-refractivity contribution is 0.886. The first-order valence-electron chi connectivity index (χ1n) is 5.34. The van der Waals surface area contributed by atoms with Gasteiger partial charge in [0, 0.05) is 5.25 Å². The summed E-state index contributed by atoms with van der Waals surface area (Å²) in [5.41, 5.74) is 1.91. The monoisotopic (exact) mass is 242 g/mol. The summed E-state index contributed by atoms with van der Waals surface area (Å²) in [7, 11) is 0. The molecule has 15 heavy (non-hydrogen) atoms. The molecule has 0 saturated heterocycles. The van der Waals surface area contributed by atoms with Crippen molar-refractivity contribution in [1.29, 1.82) is 0 Å². The maximum Gasteiger partial charge on any atom is 0.161 e. The van der Waals surface area contributed by atoms with Crippen LogP contribution < -0.4 is 0 Å². The molecule has 0 spiro atoms. The Kier molecular flexibility index (Phi) is 3.52. The molecule has 82 valence electrons. The highest BCUT2D eigenvalue weighted by Crippen LogP contribution is 2.36. The number of halogens is 1. The molecule has 1 aliphatic rings. The minimum Gasteiger partial charge on any atom is -0.242 e. The van der Waals surface area contributed by atoms with E-state index < -0.39 is 0 Å². The third-order valence-corrected chi connectivity index (χ3v) is 4.50. The van der Waals surface area contributed by atoms with Gasteiger partial charge in [-0.2, -0.15) is 0 Å². The number of hydrogen-bond donors (Lipinski definition) is 0. The minimum atomic E-state index is 0.565. The molecule has 0 amide bonds. The van der Waals surface area contributed by atoms with Gasteiger partial charge in [-0.05, 0) is 26.7 Å². The van der Waals surface area contributed by atoms with Crippen LogP contribution in [0.1, 0.15) is 37.1 Å². The topological polar surface area (TPSA) is 25.8 Å². The van der Waals surface area contributed by atoms with E-state index in [1.54, 1.807) is 11.8 Å². The molecule has 0 atom stereocenters. The second-order valence-electron chi connectivity index (χ2n) is 4.01. The molecular formula is C11H15ClN2S. The third kappa shape index (κ3) is 2.64. The van der Waals surface area contributed by atoms with E-state index in [2.05, 4.69) is 9.97 Å². The summed E-state index contributed by atoms with van der Waals surface area (Å²) in [6.07, 6.45) is 5.26. The molecule has 0 bridgehead atoms. The average molecular weight is 243 g/mol. The summed E-state index contributed by atoms with van der Waals surface area (Å²) in [5, 5.41) is 2.17. The fraction of sp³-hybridized carbons (Fsp3) is 0.636. The Bertz CT molecular complexity index is 362. The molecule has 0 radical (unpaired) electrons. The summed E-state index contributed by atoms with van der Waals surface area (Å²) in [5.74, 6) is 0. The van der Waals surface area contributed by atoms with Gasteiger partial charge >= 0.3 is 0 Å². The van der Waals surface area contributed by atoms with Crippen LogP contribution in [0.5, 0.6) is 0 Å². The zero-order chi connectivity index (χ0) is 10.8. The van der Waals surface area contributed by atoms with E-state index in [0.29, 0.717) is 10.4 Å². The van der Waals surface area contributed by atoms with Crippen LogP contribution in [-0.2, 0) is 0 Å². The maximum atomic E-state index is 6.09. The van der Waals surface area contributed by atoms with Crippen LogP contribution in [-0.4, -0.2) is 15.2 Å². The fourth-order valence-electron chi connectivity index (χ4n) is 1.79. The summed E-state index contributed by atoms with van der Waals surface area (Å²) in [4.78, 5) is 8.80. The zero-order valence-electron chi connectivity index (χ0n) is 9.09. The number of rotatable bonds is 2. The average Bonchev–Trinajstić information content (AvgIpc) is 2.67. The highest BCUT2D eigenvalue weighted by Gasteiger charge is 2.19. The van der Waals surface area contributed by atoms with E-state index in [-0.39, 0.29) is 0 Å². The van der Waals surface area contributed by atoms with E-state index in [1.165, 1.54) is 25.7 Å². The number of aryl methyl sites for hydroxylation is 2. The van der Waals surface area contributed by atoms with Crippen molar-refractivity contribution in [2.45, 2.75) is 49.8 Å². The minimum absolute atomic E-state index is 0.565. The first-order valence-corrected chi connectivity index (χ1v) is 6.60. The van der Waals surface area contributed by atoms with Gasteiger partial charge in [-0.15, -0.1) is 0 Å². The molecule has 1 heterocycles.